The van der Waals surface area contributed by atoms with Gasteiger partial charge in [0.05, 0.1) is 0 Å². The van der Waals surface area contributed by atoms with Gasteiger partial charge in [-0.3, -0.25) is 0 Å². The molecule has 2 rings (SSSR count). The number of aryl methyl sites for hydroxylation is 3. The Morgan fingerprint density at radius 3 is 2.05 bits per heavy atom. The van der Waals surface area contributed by atoms with Crippen molar-refractivity contribution in [3.8, 4) is 0 Å². The van der Waals surface area contributed by atoms with Crippen LogP contribution in [0.3, 0.4) is 0 Å². The highest BCUT2D eigenvalue weighted by atomic mass is 32.2. The van der Waals surface area contributed by atoms with Crippen molar-refractivity contribution in [1.82, 2.24) is 0 Å². The Balaban J connectivity index is 2.19. The third-order valence-electron chi connectivity index (χ3n) is 3.44. The van der Waals surface area contributed by atoms with Crippen LogP contribution in [-0.2, 0) is 6.42 Å². The molecule has 2 aromatic rings. The van der Waals surface area contributed by atoms with E-state index in [1.807, 2.05) is 11.8 Å². The molecule has 0 saturated heterocycles. The second-order valence-corrected chi connectivity index (χ2v) is 6.12. The molecule has 2 aromatic carbocycles. The quantitative estimate of drug-likeness (QED) is 0.899. The van der Waals surface area contributed by atoms with Gasteiger partial charge in [-0.2, -0.15) is 0 Å². The van der Waals surface area contributed by atoms with Gasteiger partial charge in [0, 0.05) is 9.79 Å². The molecule has 0 unspecified atom stereocenters. The highest BCUT2D eigenvalue weighted by Crippen LogP contribution is 2.30. The van der Waals surface area contributed by atoms with Gasteiger partial charge in [-0.25, -0.2) is 0 Å². The molecule has 0 aromatic heterocycles. The average Bonchev–Trinajstić information content (AvgIpc) is 2.37. The summed E-state index contributed by atoms with van der Waals surface area (Å²) in [7, 11) is 0. The van der Waals surface area contributed by atoms with Crippen molar-refractivity contribution in [3.63, 3.8) is 0 Å². The first-order chi connectivity index (χ1) is 9.10. The van der Waals surface area contributed by atoms with Crippen molar-refractivity contribution in [2.24, 2.45) is 5.73 Å². The molecule has 2 N–H and O–H groups in total. The minimum atomic E-state index is 0.713. The van der Waals surface area contributed by atoms with E-state index >= 15 is 0 Å². The first-order valence-electron chi connectivity index (χ1n) is 6.65. The van der Waals surface area contributed by atoms with Crippen LogP contribution in [0.25, 0.3) is 0 Å². The predicted molar refractivity (Wildman–Crippen MR) is 84.0 cm³/mol. The fourth-order valence-corrected chi connectivity index (χ4v) is 3.10. The molecule has 0 bridgehead atoms. The van der Waals surface area contributed by atoms with Gasteiger partial charge in [-0.05, 0) is 80.3 Å². The molecular weight excluding hydrogens is 250 g/mol. The van der Waals surface area contributed by atoms with Gasteiger partial charge in [0.2, 0.25) is 0 Å². The summed E-state index contributed by atoms with van der Waals surface area (Å²) in [5.41, 5.74) is 11.0. The Kier molecular flexibility index (Phi) is 4.67. The SMILES string of the molecule is Cc1ccc(Sc2ccc(CCN)c(C)c2)cc1C. The fourth-order valence-electron chi connectivity index (χ4n) is 2.08. The van der Waals surface area contributed by atoms with E-state index < -0.39 is 0 Å². The highest BCUT2D eigenvalue weighted by Gasteiger charge is 2.03. The van der Waals surface area contributed by atoms with Crippen molar-refractivity contribution in [2.75, 3.05) is 6.54 Å². The van der Waals surface area contributed by atoms with Gasteiger partial charge in [0.25, 0.3) is 0 Å². The summed E-state index contributed by atoms with van der Waals surface area (Å²) in [6.07, 6.45) is 0.959. The number of benzene rings is 2. The molecule has 0 aliphatic heterocycles. The van der Waals surface area contributed by atoms with Crippen molar-refractivity contribution in [3.05, 3.63) is 58.7 Å². The van der Waals surface area contributed by atoms with E-state index in [1.165, 1.54) is 32.0 Å². The van der Waals surface area contributed by atoms with Crippen LogP contribution in [0.4, 0.5) is 0 Å². The molecule has 19 heavy (non-hydrogen) atoms. The first-order valence-corrected chi connectivity index (χ1v) is 7.46. The van der Waals surface area contributed by atoms with Crippen LogP contribution in [0, 0.1) is 20.8 Å². The van der Waals surface area contributed by atoms with Crippen LogP contribution in [0.15, 0.2) is 46.2 Å². The summed E-state index contributed by atoms with van der Waals surface area (Å²) < 4.78 is 0. The third-order valence-corrected chi connectivity index (χ3v) is 4.42. The van der Waals surface area contributed by atoms with Gasteiger partial charge in [-0.15, -0.1) is 0 Å². The number of nitrogens with two attached hydrogens (primary N) is 1. The zero-order valence-electron chi connectivity index (χ0n) is 11.9. The van der Waals surface area contributed by atoms with E-state index in [-0.39, 0.29) is 0 Å². The summed E-state index contributed by atoms with van der Waals surface area (Å²) in [4.78, 5) is 2.59. The van der Waals surface area contributed by atoms with E-state index in [1.54, 1.807) is 0 Å². The molecule has 0 amide bonds. The van der Waals surface area contributed by atoms with E-state index in [2.05, 4.69) is 57.2 Å². The van der Waals surface area contributed by atoms with Gasteiger partial charge in [0.15, 0.2) is 0 Å². The van der Waals surface area contributed by atoms with E-state index in [4.69, 9.17) is 5.73 Å². The average molecular weight is 271 g/mol. The van der Waals surface area contributed by atoms with E-state index in [0.717, 1.165) is 6.42 Å². The van der Waals surface area contributed by atoms with Crippen LogP contribution >= 0.6 is 11.8 Å². The van der Waals surface area contributed by atoms with Gasteiger partial charge >= 0.3 is 0 Å². The molecule has 0 heterocycles. The molecule has 1 nitrogen and oxygen atoms in total. The minimum Gasteiger partial charge on any atom is -0.330 e. The van der Waals surface area contributed by atoms with Gasteiger partial charge in [-0.1, -0.05) is 23.9 Å². The minimum absolute atomic E-state index is 0.713. The normalized spacial score (nSPS) is 10.7. The molecule has 2 heteroatoms. The smallest absolute Gasteiger partial charge is 0.0125 e. The second-order valence-electron chi connectivity index (χ2n) is 4.98. The number of hydrogen-bond donors (Lipinski definition) is 1. The van der Waals surface area contributed by atoms with E-state index in [9.17, 15) is 0 Å². The van der Waals surface area contributed by atoms with Crippen LogP contribution < -0.4 is 5.73 Å². The number of rotatable bonds is 4. The summed E-state index contributed by atoms with van der Waals surface area (Å²) in [6.45, 7) is 7.18. The Morgan fingerprint density at radius 1 is 0.842 bits per heavy atom. The monoisotopic (exact) mass is 271 g/mol. The Bertz CT molecular complexity index is 575. The lowest BCUT2D eigenvalue weighted by molar-refractivity contribution is 0.954. The molecule has 0 saturated carbocycles. The molecule has 0 aliphatic rings. The third kappa shape index (κ3) is 3.62. The fraction of sp³-hybridized carbons (Fsp3) is 0.294. The lowest BCUT2D eigenvalue weighted by Crippen LogP contribution is -2.03. The van der Waals surface area contributed by atoms with Crippen LogP contribution in [0.5, 0.6) is 0 Å². The summed E-state index contributed by atoms with van der Waals surface area (Å²) in [6, 6.07) is 13.3. The van der Waals surface area contributed by atoms with E-state index in [0.29, 0.717) is 6.54 Å². The lowest BCUT2D eigenvalue weighted by atomic mass is 10.1. The van der Waals surface area contributed by atoms with Crippen molar-refractivity contribution in [1.29, 1.82) is 0 Å². The molecule has 0 fully saturated rings. The first kappa shape index (κ1) is 14.2. The molecule has 0 spiro atoms. The zero-order valence-corrected chi connectivity index (χ0v) is 12.7. The van der Waals surface area contributed by atoms with Crippen molar-refractivity contribution < 1.29 is 0 Å². The van der Waals surface area contributed by atoms with Crippen molar-refractivity contribution >= 4 is 11.8 Å². The molecule has 0 atom stereocenters. The second kappa shape index (κ2) is 6.27. The Morgan fingerprint density at radius 2 is 1.47 bits per heavy atom. The maximum Gasteiger partial charge on any atom is 0.0125 e. The molecular formula is C17H21NS. The van der Waals surface area contributed by atoms with Crippen LogP contribution in [0.1, 0.15) is 22.3 Å². The molecule has 0 aliphatic carbocycles. The van der Waals surface area contributed by atoms with Crippen molar-refractivity contribution in [2.45, 2.75) is 37.0 Å². The number of hydrogen-bond acceptors (Lipinski definition) is 2. The van der Waals surface area contributed by atoms with Gasteiger partial charge < -0.3 is 5.73 Å². The zero-order chi connectivity index (χ0) is 13.8. The summed E-state index contributed by atoms with van der Waals surface area (Å²) >= 11 is 1.82. The lowest BCUT2D eigenvalue weighted by Gasteiger charge is -2.09. The molecule has 100 valence electrons. The standard InChI is InChI=1S/C17H21NS/c1-12-4-6-16(10-13(12)2)19-17-7-5-15(8-9-18)14(3)11-17/h4-7,10-11H,8-9,18H2,1-3H3. The predicted octanol–water partition coefficient (Wildman–Crippen LogP) is 4.26. The van der Waals surface area contributed by atoms with Crippen LogP contribution in [-0.4, -0.2) is 6.54 Å². The van der Waals surface area contributed by atoms with Gasteiger partial charge in [0.1, 0.15) is 0 Å². The maximum atomic E-state index is 5.62. The largest absolute Gasteiger partial charge is 0.330 e. The summed E-state index contributed by atoms with van der Waals surface area (Å²) in [5, 5.41) is 0. The maximum absolute atomic E-state index is 5.62. The van der Waals surface area contributed by atoms with Crippen LogP contribution in [0.2, 0.25) is 0 Å². The Labute approximate surface area is 120 Å². The highest BCUT2D eigenvalue weighted by molar-refractivity contribution is 7.99. The Hall–Kier alpha value is -1.25. The molecule has 0 radical (unpaired) electrons. The topological polar surface area (TPSA) is 26.0 Å². The summed E-state index contributed by atoms with van der Waals surface area (Å²) in [5.74, 6) is 0.